The summed E-state index contributed by atoms with van der Waals surface area (Å²) in [6, 6.07) is 0. The summed E-state index contributed by atoms with van der Waals surface area (Å²) >= 11 is 4.42. The minimum Gasteiger partial charge on any atom is -0.297 e. The van der Waals surface area contributed by atoms with Gasteiger partial charge in [0.05, 0.1) is 5.51 Å². The zero-order chi connectivity index (χ0) is 5.98. The molecule has 8 heavy (non-hydrogen) atoms. The molecule has 0 bridgehead atoms. The number of nitrogens with zero attached hydrogens (tertiary/aromatic N) is 1. The van der Waals surface area contributed by atoms with Gasteiger partial charge < -0.3 is 0 Å². The van der Waals surface area contributed by atoms with Crippen molar-refractivity contribution in [3.05, 3.63) is 15.0 Å². The second-order valence-electron chi connectivity index (χ2n) is 1.13. The van der Waals surface area contributed by atoms with Crippen LogP contribution in [0.5, 0.6) is 0 Å². The van der Waals surface area contributed by atoms with Gasteiger partial charge in [0.1, 0.15) is 9.48 Å². The van der Waals surface area contributed by atoms with E-state index in [4.69, 9.17) is 0 Å². The summed E-state index contributed by atoms with van der Waals surface area (Å²) in [4.78, 5) is 14.5. The smallest absolute Gasteiger partial charge is 0.162 e. The van der Waals surface area contributed by atoms with Crippen LogP contribution in [0.2, 0.25) is 0 Å². The quantitative estimate of drug-likeness (QED) is 0.634. The molecule has 0 aromatic carbocycles. The lowest BCUT2D eigenvalue weighted by Gasteiger charge is -1.74. The number of aldehydes is 1. The summed E-state index contributed by atoms with van der Waals surface area (Å²) in [5.74, 6) is 0. The first kappa shape index (κ1) is 5.91. The Morgan fingerprint density at radius 1 is 1.88 bits per heavy atom. The molecule has 0 atom stereocenters. The average Bonchev–Trinajstić information content (AvgIpc) is 2.14. The van der Waals surface area contributed by atoms with E-state index in [-0.39, 0.29) is 0 Å². The molecule has 0 aliphatic rings. The van der Waals surface area contributed by atoms with Gasteiger partial charge in [0.25, 0.3) is 0 Å². The fourth-order valence-electron chi connectivity index (χ4n) is 0.318. The maximum Gasteiger partial charge on any atom is 0.162 e. The minimum atomic E-state index is 0.637. The maximum atomic E-state index is 10.0. The third kappa shape index (κ3) is 0.952. The van der Waals surface area contributed by atoms with Crippen molar-refractivity contribution in [1.82, 2.24) is 4.98 Å². The van der Waals surface area contributed by atoms with E-state index in [9.17, 15) is 4.79 Å². The largest absolute Gasteiger partial charge is 0.297 e. The van der Waals surface area contributed by atoms with Gasteiger partial charge in [0, 0.05) is 0 Å². The molecule has 0 saturated carbocycles. The third-order valence-corrected chi connectivity index (χ3v) is 2.30. The standard InChI is InChI=1S/C4H2BrNOS/c5-4-3(1-7)8-2-6-4/h1-2H. The van der Waals surface area contributed by atoms with E-state index >= 15 is 0 Å². The lowest BCUT2D eigenvalue weighted by atomic mass is 10.6. The van der Waals surface area contributed by atoms with Crippen LogP contribution in [0, 0.1) is 0 Å². The Balaban J connectivity index is 3.09. The summed E-state index contributed by atoms with van der Waals surface area (Å²) in [5, 5.41) is 0. The van der Waals surface area contributed by atoms with Crippen molar-refractivity contribution < 1.29 is 4.79 Å². The Bertz CT molecular complexity index is 198. The molecule has 0 aliphatic carbocycles. The van der Waals surface area contributed by atoms with Crippen LogP contribution in [0.1, 0.15) is 9.67 Å². The van der Waals surface area contributed by atoms with Gasteiger partial charge in [0.15, 0.2) is 6.29 Å². The Labute approximate surface area is 58.7 Å². The Hall–Kier alpha value is -0.220. The molecule has 1 aromatic heterocycles. The predicted molar refractivity (Wildman–Crippen MR) is 35.2 cm³/mol. The number of hydrogen-bond acceptors (Lipinski definition) is 3. The molecular weight excluding hydrogens is 190 g/mol. The number of hydrogen-bond donors (Lipinski definition) is 0. The number of aromatic nitrogens is 1. The van der Waals surface area contributed by atoms with Gasteiger partial charge in [-0.1, -0.05) is 0 Å². The number of carbonyl (C=O) groups is 1. The molecule has 0 N–H and O–H groups in total. The summed E-state index contributed by atoms with van der Waals surface area (Å²) < 4.78 is 0.637. The fraction of sp³-hybridized carbons (Fsp3) is 0. The predicted octanol–water partition coefficient (Wildman–Crippen LogP) is 1.72. The van der Waals surface area contributed by atoms with Gasteiger partial charge in [-0.25, -0.2) is 4.98 Å². The molecule has 4 heteroatoms. The van der Waals surface area contributed by atoms with Gasteiger partial charge >= 0.3 is 0 Å². The Kier molecular flexibility index (Phi) is 1.75. The molecule has 42 valence electrons. The number of halogens is 1. The minimum absolute atomic E-state index is 0.637. The molecule has 1 aromatic rings. The van der Waals surface area contributed by atoms with Crippen molar-refractivity contribution in [2.75, 3.05) is 0 Å². The first-order valence-corrected chi connectivity index (χ1v) is 3.56. The second kappa shape index (κ2) is 2.37. The molecule has 1 heterocycles. The number of rotatable bonds is 1. The number of carbonyl (C=O) groups excluding carboxylic acids is 1. The number of thiazole rings is 1. The van der Waals surface area contributed by atoms with Crippen molar-refractivity contribution in [3.63, 3.8) is 0 Å². The first-order valence-electron chi connectivity index (χ1n) is 1.88. The van der Waals surface area contributed by atoms with Crippen LogP contribution in [0.25, 0.3) is 0 Å². The highest BCUT2D eigenvalue weighted by atomic mass is 79.9. The van der Waals surface area contributed by atoms with E-state index in [2.05, 4.69) is 20.9 Å². The fourth-order valence-corrected chi connectivity index (χ4v) is 1.41. The third-order valence-electron chi connectivity index (χ3n) is 0.656. The van der Waals surface area contributed by atoms with Gasteiger partial charge in [0.2, 0.25) is 0 Å². The van der Waals surface area contributed by atoms with Crippen LogP contribution in [-0.4, -0.2) is 11.3 Å². The summed E-state index contributed by atoms with van der Waals surface area (Å²) in [7, 11) is 0. The Morgan fingerprint density at radius 3 is 2.88 bits per heavy atom. The monoisotopic (exact) mass is 191 g/mol. The van der Waals surface area contributed by atoms with Crippen LogP contribution in [-0.2, 0) is 0 Å². The van der Waals surface area contributed by atoms with E-state index in [1.165, 1.54) is 11.3 Å². The van der Waals surface area contributed by atoms with Crippen molar-refractivity contribution in [2.24, 2.45) is 0 Å². The molecule has 0 spiro atoms. The Morgan fingerprint density at radius 2 is 2.62 bits per heavy atom. The molecule has 0 amide bonds. The van der Waals surface area contributed by atoms with Gasteiger partial charge in [-0.15, -0.1) is 11.3 Å². The van der Waals surface area contributed by atoms with Gasteiger partial charge in [-0.2, -0.15) is 0 Å². The molecule has 0 fully saturated rings. The van der Waals surface area contributed by atoms with Crippen LogP contribution in [0.3, 0.4) is 0 Å². The van der Waals surface area contributed by atoms with Crippen molar-refractivity contribution >= 4 is 33.6 Å². The molecule has 0 saturated heterocycles. The van der Waals surface area contributed by atoms with E-state index in [0.717, 1.165) is 6.29 Å². The topological polar surface area (TPSA) is 30.0 Å². The summed E-state index contributed by atoms with van der Waals surface area (Å²) in [6.45, 7) is 0. The van der Waals surface area contributed by atoms with Gasteiger partial charge in [-0.05, 0) is 15.9 Å². The van der Waals surface area contributed by atoms with Crippen molar-refractivity contribution in [3.8, 4) is 0 Å². The molecular formula is C4H2BrNOS. The van der Waals surface area contributed by atoms with Crippen molar-refractivity contribution in [1.29, 1.82) is 0 Å². The van der Waals surface area contributed by atoms with Crippen LogP contribution in [0.4, 0.5) is 0 Å². The molecule has 0 radical (unpaired) electrons. The normalized spacial score (nSPS) is 9.12. The van der Waals surface area contributed by atoms with Crippen LogP contribution in [0.15, 0.2) is 10.1 Å². The van der Waals surface area contributed by atoms with Gasteiger partial charge in [-0.3, -0.25) is 4.79 Å². The van der Waals surface area contributed by atoms with Crippen LogP contribution < -0.4 is 0 Å². The van der Waals surface area contributed by atoms with E-state index < -0.39 is 0 Å². The maximum absolute atomic E-state index is 10.0. The summed E-state index contributed by atoms with van der Waals surface area (Å²) in [5.41, 5.74) is 1.62. The summed E-state index contributed by atoms with van der Waals surface area (Å²) in [6.07, 6.45) is 0.780. The highest BCUT2D eigenvalue weighted by Gasteiger charge is 1.97. The van der Waals surface area contributed by atoms with E-state index in [1.807, 2.05) is 0 Å². The first-order chi connectivity index (χ1) is 3.84. The lowest BCUT2D eigenvalue weighted by molar-refractivity contribution is 0.112. The lowest BCUT2D eigenvalue weighted by Crippen LogP contribution is -1.70. The highest BCUT2D eigenvalue weighted by molar-refractivity contribution is 9.10. The second-order valence-corrected chi connectivity index (χ2v) is 2.76. The van der Waals surface area contributed by atoms with Crippen LogP contribution >= 0.6 is 27.3 Å². The highest BCUT2D eigenvalue weighted by Crippen LogP contribution is 2.15. The average molecular weight is 192 g/mol. The van der Waals surface area contributed by atoms with Crippen molar-refractivity contribution in [2.45, 2.75) is 0 Å². The molecule has 2 nitrogen and oxygen atoms in total. The molecule has 0 unspecified atom stereocenters. The molecule has 1 rings (SSSR count). The zero-order valence-corrected chi connectivity index (χ0v) is 6.20. The molecule has 0 aliphatic heterocycles. The van der Waals surface area contributed by atoms with E-state index in [0.29, 0.717) is 9.48 Å². The zero-order valence-electron chi connectivity index (χ0n) is 3.80. The van der Waals surface area contributed by atoms with E-state index in [1.54, 1.807) is 5.51 Å². The SMILES string of the molecule is O=Cc1scnc1Br.